The van der Waals surface area contributed by atoms with Gasteiger partial charge in [0.1, 0.15) is 0 Å². The second-order valence-electron chi connectivity index (χ2n) is 8.26. The van der Waals surface area contributed by atoms with Gasteiger partial charge in [0.2, 0.25) is 0 Å². The SMILES string of the molecule is CN(c1ccc(NC(=O)c2cc(F)c(F)c(F)c2F)cc1)c1ccc(NC(=O)c2cc(F)c(F)c(F)c2F)cc1. The van der Waals surface area contributed by atoms with Gasteiger partial charge in [0.05, 0.1) is 11.1 Å². The summed E-state index contributed by atoms with van der Waals surface area (Å²) in [7, 11) is 1.65. The third-order valence-corrected chi connectivity index (χ3v) is 5.72. The minimum absolute atomic E-state index is 0.130. The summed E-state index contributed by atoms with van der Waals surface area (Å²) in [5, 5.41) is 4.49. The van der Waals surface area contributed by atoms with E-state index in [4.69, 9.17) is 0 Å². The maximum absolute atomic E-state index is 13.9. The predicted octanol–water partition coefficient (Wildman–Crippen LogP) is 7.07. The van der Waals surface area contributed by atoms with E-state index < -0.39 is 69.5 Å². The van der Waals surface area contributed by atoms with E-state index in [1.54, 1.807) is 11.9 Å². The van der Waals surface area contributed by atoms with Crippen LogP contribution in [0.5, 0.6) is 0 Å². The zero-order valence-electron chi connectivity index (χ0n) is 20.1. The molecular formula is C27H15F8N3O2. The van der Waals surface area contributed by atoms with Crippen LogP contribution in [-0.4, -0.2) is 18.9 Å². The number of anilines is 4. The number of carbonyl (C=O) groups excluding carboxylic acids is 2. The van der Waals surface area contributed by atoms with E-state index in [1.807, 2.05) is 0 Å². The highest BCUT2D eigenvalue weighted by Crippen LogP contribution is 2.27. The van der Waals surface area contributed by atoms with E-state index >= 15 is 0 Å². The lowest BCUT2D eigenvalue weighted by Crippen LogP contribution is -2.17. The van der Waals surface area contributed by atoms with Crippen molar-refractivity contribution in [3.05, 3.63) is 118 Å². The monoisotopic (exact) mass is 565 g/mol. The topological polar surface area (TPSA) is 61.4 Å². The molecule has 0 aliphatic carbocycles. The van der Waals surface area contributed by atoms with Gasteiger partial charge < -0.3 is 15.5 Å². The van der Waals surface area contributed by atoms with E-state index in [0.717, 1.165) is 0 Å². The Hall–Kier alpha value is -4.94. The van der Waals surface area contributed by atoms with Crippen molar-refractivity contribution in [2.45, 2.75) is 0 Å². The number of amides is 2. The average molecular weight is 565 g/mol. The van der Waals surface area contributed by atoms with E-state index in [1.165, 1.54) is 48.5 Å². The Morgan fingerprint density at radius 2 is 0.850 bits per heavy atom. The Kier molecular flexibility index (Phi) is 7.75. The lowest BCUT2D eigenvalue weighted by atomic mass is 10.1. The molecule has 13 heteroatoms. The molecule has 0 spiro atoms. The molecule has 0 aliphatic heterocycles. The highest BCUT2D eigenvalue weighted by atomic mass is 19.2. The molecule has 206 valence electrons. The normalized spacial score (nSPS) is 10.8. The fourth-order valence-electron chi connectivity index (χ4n) is 3.56. The Morgan fingerprint density at radius 3 is 1.18 bits per heavy atom. The van der Waals surface area contributed by atoms with Crippen LogP contribution in [0.4, 0.5) is 57.9 Å². The minimum Gasteiger partial charge on any atom is -0.345 e. The van der Waals surface area contributed by atoms with Gasteiger partial charge in [-0.2, -0.15) is 0 Å². The second kappa shape index (κ2) is 11.0. The number of carbonyl (C=O) groups is 2. The van der Waals surface area contributed by atoms with E-state index in [-0.39, 0.29) is 23.5 Å². The molecule has 40 heavy (non-hydrogen) atoms. The van der Waals surface area contributed by atoms with Crippen LogP contribution in [-0.2, 0) is 0 Å². The number of nitrogens with zero attached hydrogens (tertiary/aromatic N) is 1. The summed E-state index contributed by atoms with van der Waals surface area (Å²) in [5.74, 6) is -17.8. The molecule has 0 aromatic heterocycles. The number of halogens is 8. The summed E-state index contributed by atoms with van der Waals surface area (Å²) in [5.41, 5.74) is -0.654. The fourth-order valence-corrected chi connectivity index (χ4v) is 3.56. The summed E-state index contributed by atoms with van der Waals surface area (Å²) in [6.45, 7) is 0. The van der Waals surface area contributed by atoms with Gasteiger partial charge in [0, 0.05) is 29.8 Å². The first-order valence-corrected chi connectivity index (χ1v) is 11.1. The van der Waals surface area contributed by atoms with Crippen LogP contribution in [0.3, 0.4) is 0 Å². The third-order valence-electron chi connectivity index (χ3n) is 5.72. The molecule has 2 N–H and O–H groups in total. The van der Waals surface area contributed by atoms with E-state index in [9.17, 15) is 44.7 Å². The predicted molar refractivity (Wildman–Crippen MR) is 129 cm³/mol. The number of nitrogens with one attached hydrogen (secondary N) is 2. The van der Waals surface area contributed by atoms with Gasteiger partial charge in [-0.3, -0.25) is 9.59 Å². The summed E-state index contributed by atoms with van der Waals surface area (Å²) in [6, 6.07) is 12.2. The highest BCUT2D eigenvalue weighted by Gasteiger charge is 2.24. The fraction of sp³-hybridized carbons (Fsp3) is 0.0370. The highest BCUT2D eigenvalue weighted by molar-refractivity contribution is 6.05. The third kappa shape index (κ3) is 5.44. The van der Waals surface area contributed by atoms with Crippen molar-refractivity contribution in [3.8, 4) is 0 Å². The molecule has 4 rings (SSSR count). The average Bonchev–Trinajstić information content (AvgIpc) is 2.94. The number of hydrogen-bond acceptors (Lipinski definition) is 3. The molecule has 0 bridgehead atoms. The second-order valence-corrected chi connectivity index (χ2v) is 8.26. The Balaban J connectivity index is 1.43. The van der Waals surface area contributed by atoms with Gasteiger partial charge in [-0.1, -0.05) is 0 Å². The largest absolute Gasteiger partial charge is 0.345 e. The van der Waals surface area contributed by atoms with Gasteiger partial charge in [0.25, 0.3) is 11.8 Å². The van der Waals surface area contributed by atoms with E-state index in [0.29, 0.717) is 11.4 Å². The summed E-state index contributed by atoms with van der Waals surface area (Å²) < 4.78 is 108. The summed E-state index contributed by atoms with van der Waals surface area (Å²) in [4.78, 5) is 26.1. The first-order valence-electron chi connectivity index (χ1n) is 11.1. The van der Waals surface area contributed by atoms with Crippen LogP contribution < -0.4 is 15.5 Å². The smallest absolute Gasteiger partial charge is 0.258 e. The van der Waals surface area contributed by atoms with Crippen molar-refractivity contribution in [2.75, 3.05) is 22.6 Å². The van der Waals surface area contributed by atoms with Crippen LogP contribution in [0, 0.1) is 46.5 Å². The molecule has 0 unspecified atom stereocenters. The van der Waals surface area contributed by atoms with Crippen molar-refractivity contribution < 1.29 is 44.7 Å². The van der Waals surface area contributed by atoms with Crippen molar-refractivity contribution >= 4 is 34.6 Å². The maximum Gasteiger partial charge on any atom is 0.258 e. The number of benzene rings is 4. The molecular weight excluding hydrogens is 550 g/mol. The van der Waals surface area contributed by atoms with Crippen molar-refractivity contribution in [2.24, 2.45) is 0 Å². The van der Waals surface area contributed by atoms with Gasteiger partial charge in [-0.05, 0) is 60.7 Å². The zero-order chi connectivity index (χ0) is 29.3. The van der Waals surface area contributed by atoms with Crippen LogP contribution in [0.1, 0.15) is 20.7 Å². The van der Waals surface area contributed by atoms with Crippen LogP contribution in [0.2, 0.25) is 0 Å². The molecule has 0 saturated heterocycles. The Morgan fingerprint density at radius 1 is 0.525 bits per heavy atom. The standard InChI is InChI=1S/C27H15F8N3O2/c1-38(14-6-2-12(3-7-14)36-26(39)16-10-18(28)22(32)24(34)20(16)30)15-8-4-13(5-9-15)37-27(40)17-11-19(29)23(33)25(35)21(17)31/h2-11H,1H3,(H,36,39)(H,37,40). The molecule has 0 heterocycles. The first-order chi connectivity index (χ1) is 18.9. The summed E-state index contributed by atoms with van der Waals surface area (Å²) in [6.07, 6.45) is 0. The van der Waals surface area contributed by atoms with Crippen LogP contribution in [0.25, 0.3) is 0 Å². The lowest BCUT2D eigenvalue weighted by molar-refractivity contribution is 0.101. The molecule has 5 nitrogen and oxygen atoms in total. The Labute approximate surface area is 220 Å². The van der Waals surface area contributed by atoms with Crippen molar-refractivity contribution in [1.29, 1.82) is 0 Å². The van der Waals surface area contributed by atoms with Crippen LogP contribution >= 0.6 is 0 Å². The van der Waals surface area contributed by atoms with E-state index in [2.05, 4.69) is 10.6 Å². The molecule has 2 amide bonds. The molecule has 0 atom stereocenters. The molecule has 0 aliphatic rings. The van der Waals surface area contributed by atoms with Crippen molar-refractivity contribution in [1.82, 2.24) is 0 Å². The lowest BCUT2D eigenvalue weighted by Gasteiger charge is -2.20. The van der Waals surface area contributed by atoms with Crippen molar-refractivity contribution in [3.63, 3.8) is 0 Å². The molecule has 0 radical (unpaired) electrons. The first kappa shape index (κ1) is 28.1. The summed E-state index contributed by atoms with van der Waals surface area (Å²) >= 11 is 0. The van der Waals surface area contributed by atoms with Gasteiger partial charge in [-0.15, -0.1) is 0 Å². The van der Waals surface area contributed by atoms with Gasteiger partial charge in [-0.25, -0.2) is 35.1 Å². The molecule has 0 fully saturated rings. The van der Waals surface area contributed by atoms with Gasteiger partial charge >= 0.3 is 0 Å². The number of hydrogen-bond donors (Lipinski definition) is 2. The van der Waals surface area contributed by atoms with Gasteiger partial charge in [0.15, 0.2) is 46.5 Å². The number of rotatable bonds is 6. The quantitative estimate of drug-likeness (QED) is 0.149. The maximum atomic E-state index is 13.9. The van der Waals surface area contributed by atoms with Crippen LogP contribution in [0.15, 0.2) is 60.7 Å². The zero-order valence-corrected chi connectivity index (χ0v) is 20.1. The molecule has 4 aromatic rings. The molecule has 0 saturated carbocycles. The Bertz CT molecular complexity index is 1510. The molecule has 4 aromatic carbocycles. The minimum atomic E-state index is -2.11.